The van der Waals surface area contributed by atoms with Crippen molar-refractivity contribution in [2.24, 2.45) is 0 Å². The van der Waals surface area contributed by atoms with Gasteiger partial charge in [0, 0.05) is 16.6 Å². The number of hydrogen-bond acceptors (Lipinski definition) is 4. The van der Waals surface area contributed by atoms with Crippen molar-refractivity contribution in [1.29, 1.82) is 0 Å². The van der Waals surface area contributed by atoms with Crippen LogP contribution in [-0.4, -0.2) is 26.7 Å². The van der Waals surface area contributed by atoms with Crippen LogP contribution in [-0.2, 0) is 4.79 Å². The minimum Gasteiger partial charge on any atom is -0.495 e. The zero-order chi connectivity index (χ0) is 16.8. The molecule has 0 aliphatic heterocycles. The third-order valence-electron chi connectivity index (χ3n) is 2.93. The summed E-state index contributed by atoms with van der Waals surface area (Å²) in [6.07, 6.45) is 0. The van der Waals surface area contributed by atoms with E-state index < -0.39 is 0 Å². The lowest BCUT2D eigenvalue weighted by atomic mass is 10.2. The van der Waals surface area contributed by atoms with Crippen LogP contribution in [0.3, 0.4) is 0 Å². The van der Waals surface area contributed by atoms with Gasteiger partial charge in [0.15, 0.2) is 6.61 Å². The fourth-order valence-electron chi connectivity index (χ4n) is 1.82. The highest BCUT2D eigenvalue weighted by atomic mass is 79.9. The first kappa shape index (κ1) is 17.4. The Balaban J connectivity index is 2.03. The Bertz CT molecular complexity index is 691. The summed E-state index contributed by atoms with van der Waals surface area (Å²) in [5, 5.41) is 3.10. The molecular formula is C16H15BrClNO4. The van der Waals surface area contributed by atoms with Crippen LogP contribution in [0.15, 0.2) is 40.9 Å². The second kappa shape index (κ2) is 8.08. The summed E-state index contributed by atoms with van der Waals surface area (Å²) in [5.74, 6) is 1.16. The molecule has 5 nitrogen and oxygen atoms in total. The maximum Gasteiger partial charge on any atom is 0.262 e. The zero-order valence-electron chi connectivity index (χ0n) is 12.6. The molecule has 0 atom stereocenters. The maximum atomic E-state index is 12.0. The Labute approximate surface area is 147 Å². The van der Waals surface area contributed by atoms with Crippen LogP contribution < -0.4 is 19.5 Å². The first-order valence-corrected chi connectivity index (χ1v) is 7.80. The van der Waals surface area contributed by atoms with Crippen molar-refractivity contribution in [3.63, 3.8) is 0 Å². The van der Waals surface area contributed by atoms with E-state index in [-0.39, 0.29) is 12.5 Å². The minimum absolute atomic E-state index is 0.129. The van der Waals surface area contributed by atoms with Gasteiger partial charge in [-0.2, -0.15) is 0 Å². The molecule has 7 heteroatoms. The summed E-state index contributed by atoms with van der Waals surface area (Å²) in [6, 6.07) is 10.4. The molecule has 0 aromatic heterocycles. The first-order chi connectivity index (χ1) is 11.0. The van der Waals surface area contributed by atoms with Crippen molar-refractivity contribution in [3.05, 3.63) is 45.9 Å². The summed E-state index contributed by atoms with van der Waals surface area (Å²) < 4.78 is 16.7. The van der Waals surface area contributed by atoms with Gasteiger partial charge in [0.1, 0.15) is 17.2 Å². The number of amides is 1. The van der Waals surface area contributed by atoms with E-state index in [0.29, 0.717) is 28.0 Å². The number of ether oxygens (including phenoxy) is 3. The number of benzene rings is 2. The lowest BCUT2D eigenvalue weighted by molar-refractivity contribution is -0.118. The van der Waals surface area contributed by atoms with E-state index >= 15 is 0 Å². The lowest BCUT2D eigenvalue weighted by Gasteiger charge is -2.13. The molecule has 0 bridgehead atoms. The molecule has 0 radical (unpaired) electrons. The number of methoxy groups -OCH3 is 2. The van der Waals surface area contributed by atoms with E-state index in [1.54, 1.807) is 24.3 Å². The van der Waals surface area contributed by atoms with Crippen LogP contribution in [0.5, 0.6) is 17.2 Å². The number of nitrogens with one attached hydrogen (secondary N) is 1. The number of carbonyl (C=O) groups is 1. The molecule has 23 heavy (non-hydrogen) atoms. The maximum absolute atomic E-state index is 12.0. The molecule has 0 spiro atoms. The van der Waals surface area contributed by atoms with Gasteiger partial charge in [-0.1, -0.05) is 27.5 Å². The van der Waals surface area contributed by atoms with Crippen LogP contribution >= 0.6 is 27.5 Å². The molecule has 1 N–H and O–H groups in total. The smallest absolute Gasteiger partial charge is 0.262 e. The number of carbonyl (C=O) groups excluding carboxylic acids is 1. The van der Waals surface area contributed by atoms with Gasteiger partial charge in [-0.15, -0.1) is 0 Å². The molecule has 0 heterocycles. The van der Waals surface area contributed by atoms with Crippen LogP contribution in [0.1, 0.15) is 0 Å². The monoisotopic (exact) mass is 399 g/mol. The van der Waals surface area contributed by atoms with Gasteiger partial charge in [-0.25, -0.2) is 0 Å². The molecule has 2 rings (SSSR count). The summed E-state index contributed by atoms with van der Waals surface area (Å²) in [7, 11) is 2.99. The molecule has 2 aromatic rings. The van der Waals surface area contributed by atoms with Crippen molar-refractivity contribution in [1.82, 2.24) is 0 Å². The Morgan fingerprint density at radius 1 is 1.13 bits per heavy atom. The first-order valence-electron chi connectivity index (χ1n) is 6.63. The highest BCUT2D eigenvalue weighted by Gasteiger charge is 2.13. The minimum atomic E-state index is -0.324. The van der Waals surface area contributed by atoms with Crippen LogP contribution in [0.2, 0.25) is 5.02 Å². The van der Waals surface area contributed by atoms with E-state index in [1.807, 2.05) is 12.1 Å². The Hall–Kier alpha value is -1.92. The number of rotatable bonds is 6. The van der Waals surface area contributed by atoms with Gasteiger partial charge < -0.3 is 19.5 Å². The average molecular weight is 401 g/mol. The summed E-state index contributed by atoms with van der Waals surface area (Å²) in [6.45, 7) is -0.129. The van der Waals surface area contributed by atoms with Crippen LogP contribution in [0.4, 0.5) is 5.69 Å². The Kier molecular flexibility index (Phi) is 6.12. The third-order valence-corrected chi connectivity index (χ3v) is 3.76. The normalized spacial score (nSPS) is 10.1. The van der Waals surface area contributed by atoms with Crippen molar-refractivity contribution in [2.45, 2.75) is 0 Å². The van der Waals surface area contributed by atoms with Gasteiger partial charge in [0.05, 0.1) is 24.9 Å². The van der Waals surface area contributed by atoms with E-state index in [4.69, 9.17) is 25.8 Å². The lowest BCUT2D eigenvalue weighted by Crippen LogP contribution is -2.20. The van der Waals surface area contributed by atoms with E-state index in [1.165, 1.54) is 14.2 Å². The molecule has 1 amide bonds. The second-order valence-corrected chi connectivity index (χ2v) is 5.80. The molecule has 122 valence electrons. The molecule has 0 aliphatic rings. The van der Waals surface area contributed by atoms with Gasteiger partial charge in [-0.3, -0.25) is 4.79 Å². The fraction of sp³-hybridized carbons (Fsp3) is 0.188. The fourth-order valence-corrected chi connectivity index (χ4v) is 2.32. The molecule has 0 unspecified atom stereocenters. The van der Waals surface area contributed by atoms with E-state index in [2.05, 4.69) is 21.2 Å². The quantitative estimate of drug-likeness (QED) is 0.792. The molecule has 2 aromatic carbocycles. The molecule has 0 saturated heterocycles. The van der Waals surface area contributed by atoms with Gasteiger partial charge >= 0.3 is 0 Å². The van der Waals surface area contributed by atoms with Gasteiger partial charge in [0.25, 0.3) is 5.91 Å². The topological polar surface area (TPSA) is 56.8 Å². The zero-order valence-corrected chi connectivity index (χ0v) is 14.9. The number of anilines is 1. The number of hydrogen-bond donors (Lipinski definition) is 1. The van der Waals surface area contributed by atoms with Crippen LogP contribution in [0.25, 0.3) is 0 Å². The second-order valence-electron chi connectivity index (χ2n) is 4.48. The molecule has 0 fully saturated rings. The number of halogens is 2. The van der Waals surface area contributed by atoms with Crippen molar-refractivity contribution in [3.8, 4) is 17.2 Å². The summed E-state index contributed by atoms with van der Waals surface area (Å²) >= 11 is 9.36. The average Bonchev–Trinajstić information content (AvgIpc) is 2.55. The van der Waals surface area contributed by atoms with Crippen molar-refractivity contribution in [2.75, 3.05) is 26.1 Å². The van der Waals surface area contributed by atoms with E-state index in [9.17, 15) is 4.79 Å². The van der Waals surface area contributed by atoms with Crippen molar-refractivity contribution >= 4 is 39.1 Å². The van der Waals surface area contributed by atoms with Gasteiger partial charge in [-0.05, 0) is 24.3 Å². The predicted molar refractivity (Wildman–Crippen MR) is 92.8 cm³/mol. The highest BCUT2D eigenvalue weighted by molar-refractivity contribution is 9.10. The molecular weight excluding hydrogens is 386 g/mol. The van der Waals surface area contributed by atoms with E-state index in [0.717, 1.165) is 4.47 Å². The van der Waals surface area contributed by atoms with Crippen LogP contribution in [0, 0.1) is 0 Å². The summed E-state index contributed by atoms with van der Waals surface area (Å²) in [4.78, 5) is 12.0. The largest absolute Gasteiger partial charge is 0.495 e. The standard InChI is InChI=1S/C16H15BrClNO4/c1-21-14-8-13(15(22-2)7-12(14)18)19-16(20)9-23-11-5-3-10(17)4-6-11/h3-8H,9H2,1-2H3,(H,19,20). The Morgan fingerprint density at radius 2 is 1.78 bits per heavy atom. The Morgan fingerprint density at radius 3 is 2.39 bits per heavy atom. The van der Waals surface area contributed by atoms with Crippen molar-refractivity contribution < 1.29 is 19.0 Å². The summed E-state index contributed by atoms with van der Waals surface area (Å²) in [5.41, 5.74) is 0.457. The SMILES string of the molecule is COc1cc(NC(=O)COc2ccc(Br)cc2)c(OC)cc1Cl. The predicted octanol–water partition coefficient (Wildman–Crippen LogP) is 4.14. The third kappa shape index (κ3) is 4.77. The molecule has 0 aliphatic carbocycles. The highest BCUT2D eigenvalue weighted by Crippen LogP contribution is 2.35. The van der Waals surface area contributed by atoms with Gasteiger partial charge in [0.2, 0.25) is 0 Å². The molecule has 0 saturated carbocycles.